The van der Waals surface area contributed by atoms with Crippen molar-refractivity contribution >= 4 is 73.8 Å². The first-order valence-electron chi connectivity index (χ1n) is 20.2. The molecule has 2 nitrogen and oxygen atoms in total. The second-order valence-corrected chi connectivity index (χ2v) is 17.3. The summed E-state index contributed by atoms with van der Waals surface area (Å²) in [4.78, 5) is 11.1. The molecule has 0 N–H and O–H groups in total. The van der Waals surface area contributed by atoms with Gasteiger partial charge in [-0.3, -0.25) is 0 Å². The first-order valence-corrected chi connectivity index (χ1v) is 21.9. The summed E-state index contributed by atoms with van der Waals surface area (Å²) in [5.74, 6) is 0.699. The van der Waals surface area contributed by atoms with Crippen LogP contribution < -0.4 is 0 Å². The molecule has 0 aliphatic heterocycles. The van der Waals surface area contributed by atoms with Crippen LogP contribution in [0.2, 0.25) is 0 Å². The van der Waals surface area contributed by atoms with Crippen LogP contribution in [0.1, 0.15) is 0 Å². The van der Waals surface area contributed by atoms with Crippen molar-refractivity contribution in [3.63, 3.8) is 0 Å². The van der Waals surface area contributed by atoms with Gasteiger partial charge < -0.3 is 0 Å². The second kappa shape index (κ2) is 14.2. The molecule has 9 aromatic carbocycles. The quantitative estimate of drug-likeness (QED) is 0.167. The van der Waals surface area contributed by atoms with E-state index >= 15 is 0 Å². The number of hydrogen-bond donors (Lipinski definition) is 0. The molecule has 0 aliphatic rings. The molecule has 0 amide bonds. The van der Waals surface area contributed by atoms with Crippen molar-refractivity contribution in [3.05, 3.63) is 206 Å². The summed E-state index contributed by atoms with van der Waals surface area (Å²) >= 11 is 3.67. The molecule has 60 heavy (non-hydrogen) atoms. The molecule has 280 valence electrons. The van der Waals surface area contributed by atoms with Crippen molar-refractivity contribution in [3.8, 4) is 67.3 Å². The average Bonchev–Trinajstić information content (AvgIpc) is 3.90. The minimum absolute atomic E-state index is 0.699. The second-order valence-electron chi connectivity index (χ2n) is 15.2. The van der Waals surface area contributed by atoms with Crippen molar-refractivity contribution in [2.45, 2.75) is 0 Å². The zero-order chi connectivity index (χ0) is 39.6. The zero-order valence-corrected chi connectivity index (χ0v) is 34.0. The van der Waals surface area contributed by atoms with E-state index in [2.05, 4.69) is 206 Å². The van der Waals surface area contributed by atoms with Gasteiger partial charge in [0.05, 0.1) is 11.4 Å². The van der Waals surface area contributed by atoms with Crippen LogP contribution in [-0.2, 0) is 0 Å². The summed E-state index contributed by atoms with van der Waals surface area (Å²) < 4.78 is 5.01. The molecule has 0 fully saturated rings. The lowest BCUT2D eigenvalue weighted by atomic mass is 9.87. The molecular weight excluding hydrogens is 765 g/mol. The highest BCUT2D eigenvalue weighted by Crippen LogP contribution is 2.45. The third-order valence-corrected chi connectivity index (χ3v) is 14.2. The molecule has 0 spiro atoms. The molecule has 0 saturated heterocycles. The van der Waals surface area contributed by atoms with Gasteiger partial charge in [0.25, 0.3) is 0 Å². The Morgan fingerprint density at radius 2 is 0.800 bits per heavy atom. The van der Waals surface area contributed by atoms with E-state index in [-0.39, 0.29) is 0 Å². The van der Waals surface area contributed by atoms with Crippen LogP contribution in [0.15, 0.2) is 206 Å². The van der Waals surface area contributed by atoms with Crippen molar-refractivity contribution in [2.24, 2.45) is 0 Å². The Bertz CT molecular complexity index is 3470. The summed E-state index contributed by atoms with van der Waals surface area (Å²) in [5.41, 5.74) is 12.0. The van der Waals surface area contributed by atoms with Crippen molar-refractivity contribution < 1.29 is 0 Å². The first-order chi connectivity index (χ1) is 29.7. The molecule has 0 saturated carbocycles. The number of aromatic nitrogens is 2. The Morgan fingerprint density at radius 1 is 0.300 bits per heavy atom. The van der Waals surface area contributed by atoms with E-state index in [9.17, 15) is 0 Å². The molecule has 0 aliphatic carbocycles. The lowest BCUT2D eigenvalue weighted by Gasteiger charge is -2.18. The van der Waals surface area contributed by atoms with Crippen LogP contribution in [0, 0.1) is 0 Å². The standard InChI is InChI=1S/C56H34N2S2/c1-3-15-35(16-4-1)40-31-29-37-19-7-8-20-39(37)53(40)38-30-32-45(48(33-38)36-17-5-2-6-18-36)56-57-49(46-25-13-23-43-41-21-9-11-27-51(41)59-54(43)46)34-50(58-56)47-26-14-24-44-42-22-10-12-28-52(42)60-55(44)47/h1-34H. The molecule has 4 heteroatoms. The molecule has 3 aromatic heterocycles. The Morgan fingerprint density at radius 3 is 1.42 bits per heavy atom. The monoisotopic (exact) mass is 798 g/mol. The number of hydrogen-bond acceptors (Lipinski definition) is 4. The number of benzene rings is 9. The van der Waals surface area contributed by atoms with E-state index in [4.69, 9.17) is 9.97 Å². The van der Waals surface area contributed by atoms with Gasteiger partial charge in [0.15, 0.2) is 5.82 Å². The van der Waals surface area contributed by atoms with Crippen molar-refractivity contribution in [2.75, 3.05) is 0 Å². The van der Waals surface area contributed by atoms with Crippen LogP contribution in [0.4, 0.5) is 0 Å². The fourth-order valence-corrected chi connectivity index (χ4v) is 11.4. The highest BCUT2D eigenvalue weighted by Gasteiger charge is 2.21. The maximum atomic E-state index is 5.55. The van der Waals surface area contributed by atoms with Gasteiger partial charge in [0.1, 0.15) is 0 Å². The Kier molecular flexibility index (Phi) is 8.25. The van der Waals surface area contributed by atoms with Crippen molar-refractivity contribution in [1.29, 1.82) is 0 Å². The maximum Gasteiger partial charge on any atom is 0.161 e. The lowest BCUT2D eigenvalue weighted by Crippen LogP contribution is -1.98. The van der Waals surface area contributed by atoms with Gasteiger partial charge in [-0.15, -0.1) is 22.7 Å². The zero-order valence-electron chi connectivity index (χ0n) is 32.3. The fraction of sp³-hybridized carbons (Fsp3) is 0. The summed E-state index contributed by atoms with van der Waals surface area (Å²) in [7, 11) is 0. The predicted molar refractivity (Wildman–Crippen MR) is 258 cm³/mol. The smallest absolute Gasteiger partial charge is 0.161 e. The van der Waals surface area contributed by atoms with Gasteiger partial charge in [0.2, 0.25) is 0 Å². The Balaban J connectivity index is 1.14. The SMILES string of the molecule is c1ccc(-c2cc(-c3c(-c4ccccc4)ccc4ccccc34)ccc2-c2nc(-c3cccc4c3sc3ccccc34)cc(-c3cccc4c3sc3ccccc34)n2)cc1. The van der Waals surface area contributed by atoms with Crippen LogP contribution >= 0.6 is 22.7 Å². The topological polar surface area (TPSA) is 25.8 Å². The number of nitrogens with zero attached hydrogens (tertiary/aromatic N) is 2. The minimum atomic E-state index is 0.699. The number of rotatable bonds is 6. The molecule has 0 radical (unpaired) electrons. The van der Waals surface area contributed by atoms with E-state index in [1.54, 1.807) is 0 Å². The van der Waals surface area contributed by atoms with Crippen LogP contribution in [0.5, 0.6) is 0 Å². The first kappa shape index (κ1) is 34.8. The van der Waals surface area contributed by atoms with E-state index in [1.165, 1.54) is 67.8 Å². The third-order valence-electron chi connectivity index (χ3n) is 11.7. The lowest BCUT2D eigenvalue weighted by molar-refractivity contribution is 1.19. The minimum Gasteiger partial charge on any atom is -0.228 e. The average molecular weight is 799 g/mol. The molecule has 0 unspecified atom stereocenters. The van der Waals surface area contributed by atoms with E-state index in [0.717, 1.165) is 44.8 Å². The van der Waals surface area contributed by atoms with Crippen LogP contribution in [0.25, 0.3) is 118 Å². The summed E-state index contributed by atoms with van der Waals surface area (Å²) in [6.07, 6.45) is 0. The summed E-state index contributed by atoms with van der Waals surface area (Å²) in [6, 6.07) is 74.4. The normalized spacial score (nSPS) is 11.7. The van der Waals surface area contributed by atoms with Crippen LogP contribution in [-0.4, -0.2) is 9.97 Å². The van der Waals surface area contributed by atoms with E-state index in [0.29, 0.717) is 5.82 Å². The number of fused-ring (bicyclic) bond motifs is 7. The van der Waals surface area contributed by atoms with Gasteiger partial charge in [-0.1, -0.05) is 176 Å². The molecule has 12 rings (SSSR count). The number of thiophene rings is 2. The van der Waals surface area contributed by atoms with Gasteiger partial charge in [-0.05, 0) is 74.5 Å². The molecule has 0 atom stereocenters. The van der Waals surface area contributed by atoms with E-state index in [1.807, 2.05) is 22.7 Å². The Hall–Kier alpha value is -7.24. The molecule has 3 heterocycles. The molecule has 0 bridgehead atoms. The predicted octanol–water partition coefficient (Wildman–Crippen LogP) is 16.4. The van der Waals surface area contributed by atoms with Crippen molar-refractivity contribution in [1.82, 2.24) is 9.97 Å². The van der Waals surface area contributed by atoms with Gasteiger partial charge in [-0.25, -0.2) is 9.97 Å². The molecule has 12 aromatic rings. The molecular formula is C56H34N2S2. The van der Waals surface area contributed by atoms with Gasteiger partial charge >= 0.3 is 0 Å². The highest BCUT2D eigenvalue weighted by molar-refractivity contribution is 7.26. The van der Waals surface area contributed by atoms with E-state index < -0.39 is 0 Å². The van der Waals surface area contributed by atoms with Gasteiger partial charge in [0, 0.05) is 57.0 Å². The summed E-state index contributed by atoms with van der Waals surface area (Å²) in [5, 5.41) is 7.48. The fourth-order valence-electron chi connectivity index (χ4n) is 8.93. The van der Waals surface area contributed by atoms with Gasteiger partial charge in [-0.2, -0.15) is 0 Å². The third kappa shape index (κ3) is 5.76. The maximum absolute atomic E-state index is 5.55. The largest absolute Gasteiger partial charge is 0.228 e. The Labute approximate surface area is 355 Å². The summed E-state index contributed by atoms with van der Waals surface area (Å²) in [6.45, 7) is 0. The highest BCUT2D eigenvalue weighted by atomic mass is 32.1. The van der Waals surface area contributed by atoms with Crippen LogP contribution in [0.3, 0.4) is 0 Å².